The molecule has 1 aliphatic rings. The van der Waals surface area contributed by atoms with Crippen LogP contribution in [0.25, 0.3) is 0 Å². The van der Waals surface area contributed by atoms with Crippen molar-refractivity contribution in [3.8, 4) is 5.75 Å². The summed E-state index contributed by atoms with van der Waals surface area (Å²) >= 11 is 1.22. The summed E-state index contributed by atoms with van der Waals surface area (Å²) in [5.74, 6) is -0.0932. The molecule has 1 aliphatic heterocycles. The first-order valence-corrected chi connectivity index (χ1v) is 13.0. The minimum Gasteiger partial charge on any atom is -0.497 e. The maximum Gasteiger partial charge on any atom is 0.409 e. The van der Waals surface area contributed by atoms with Crippen molar-refractivity contribution in [2.24, 2.45) is 0 Å². The van der Waals surface area contributed by atoms with E-state index in [1.807, 2.05) is 13.8 Å². The summed E-state index contributed by atoms with van der Waals surface area (Å²) in [4.78, 5) is 59.3. The molecule has 1 aromatic carbocycles. The Morgan fingerprint density at radius 1 is 1.08 bits per heavy atom. The molecule has 0 atom stereocenters. The Bertz CT molecular complexity index is 1100. The maximum absolute atomic E-state index is 13.0. The van der Waals surface area contributed by atoms with Crippen LogP contribution >= 0.6 is 11.3 Å². The number of aromatic nitrogens is 1. The van der Waals surface area contributed by atoms with Crippen LogP contribution in [0.5, 0.6) is 5.75 Å². The number of nitrogens with one attached hydrogen (secondary N) is 1. The van der Waals surface area contributed by atoms with Crippen LogP contribution in [0.15, 0.2) is 29.6 Å². The molecular weight excluding hydrogens is 498 g/mol. The van der Waals surface area contributed by atoms with Crippen LogP contribution in [0.4, 0.5) is 9.93 Å². The molecule has 3 rings (SSSR count). The van der Waals surface area contributed by atoms with Crippen LogP contribution in [0.2, 0.25) is 0 Å². The van der Waals surface area contributed by atoms with Crippen molar-refractivity contribution in [3.05, 3.63) is 40.9 Å². The molecule has 2 aromatic rings. The summed E-state index contributed by atoms with van der Waals surface area (Å²) in [6.07, 6.45) is -0.268. The molecule has 0 saturated carbocycles. The van der Waals surface area contributed by atoms with Gasteiger partial charge < -0.3 is 29.5 Å². The first-order valence-electron chi connectivity index (χ1n) is 12.1. The normalized spacial score (nSPS) is 13.3. The first kappa shape index (κ1) is 27.9. The average molecular weight is 532 g/mol. The summed E-state index contributed by atoms with van der Waals surface area (Å²) in [6.45, 7) is 7.32. The Morgan fingerprint density at radius 2 is 1.73 bits per heavy atom. The molecule has 1 aromatic heterocycles. The van der Waals surface area contributed by atoms with Crippen LogP contribution < -0.4 is 10.1 Å². The second-order valence-corrected chi connectivity index (χ2v) is 9.55. The Kier molecular flexibility index (Phi) is 9.84. The van der Waals surface area contributed by atoms with Gasteiger partial charge in [-0.25, -0.2) is 9.78 Å². The number of thiazole rings is 1. The molecule has 1 N–H and O–H groups in total. The molecule has 0 aliphatic carbocycles. The number of anilines is 1. The highest BCUT2D eigenvalue weighted by Crippen LogP contribution is 2.18. The number of ether oxygens (including phenoxy) is 2. The first-order chi connectivity index (χ1) is 17.7. The molecule has 0 spiro atoms. The number of piperazine rings is 1. The van der Waals surface area contributed by atoms with E-state index in [9.17, 15) is 19.2 Å². The summed E-state index contributed by atoms with van der Waals surface area (Å²) < 4.78 is 10.1. The molecule has 1 saturated heterocycles. The van der Waals surface area contributed by atoms with Crippen LogP contribution in [-0.2, 0) is 20.7 Å². The van der Waals surface area contributed by atoms with Crippen LogP contribution in [0, 0.1) is 0 Å². The van der Waals surface area contributed by atoms with E-state index < -0.39 is 0 Å². The van der Waals surface area contributed by atoms with E-state index in [0.717, 1.165) is 0 Å². The van der Waals surface area contributed by atoms with Crippen molar-refractivity contribution < 1.29 is 28.7 Å². The molecule has 37 heavy (non-hydrogen) atoms. The second-order valence-electron chi connectivity index (χ2n) is 8.69. The minimum atomic E-state index is -0.377. The predicted octanol–water partition coefficient (Wildman–Crippen LogP) is 2.48. The Labute approximate surface area is 220 Å². The van der Waals surface area contributed by atoms with E-state index >= 15 is 0 Å². The van der Waals surface area contributed by atoms with Gasteiger partial charge in [0, 0.05) is 43.2 Å². The molecule has 0 radical (unpaired) electrons. The lowest BCUT2D eigenvalue weighted by Crippen LogP contribution is -2.51. The summed E-state index contributed by atoms with van der Waals surface area (Å²) in [6, 6.07) is 6.52. The zero-order valence-corrected chi connectivity index (χ0v) is 22.4. The fraction of sp³-hybridized carbons (Fsp3) is 0.480. The van der Waals surface area contributed by atoms with Gasteiger partial charge in [-0.3, -0.25) is 14.4 Å². The third-order valence-corrected chi connectivity index (χ3v) is 6.63. The Hall–Kier alpha value is -3.67. The Balaban J connectivity index is 1.51. The van der Waals surface area contributed by atoms with E-state index in [0.29, 0.717) is 54.9 Å². The highest BCUT2D eigenvalue weighted by molar-refractivity contribution is 7.13. The highest BCUT2D eigenvalue weighted by Gasteiger charge is 2.26. The maximum atomic E-state index is 13.0. The molecule has 0 unspecified atom stereocenters. The number of amides is 4. The van der Waals surface area contributed by atoms with Gasteiger partial charge in [0.15, 0.2) is 5.13 Å². The Morgan fingerprint density at radius 3 is 2.32 bits per heavy atom. The number of hydrogen-bond acceptors (Lipinski definition) is 8. The van der Waals surface area contributed by atoms with Crippen molar-refractivity contribution in [3.63, 3.8) is 0 Å². The molecule has 12 heteroatoms. The smallest absolute Gasteiger partial charge is 0.409 e. The summed E-state index contributed by atoms with van der Waals surface area (Å²) in [5.41, 5.74) is 1.01. The third kappa shape index (κ3) is 7.66. The SMILES string of the molecule is CCOC(=O)N1CCN(C(=O)Cc2csc(NC(=O)CN(C(=O)c3ccc(OC)cc3)C(C)C)n2)CC1. The topological polar surface area (TPSA) is 121 Å². The molecular formula is C25H33N5O6S. The number of benzene rings is 1. The molecule has 200 valence electrons. The fourth-order valence-corrected chi connectivity index (χ4v) is 4.49. The third-order valence-electron chi connectivity index (χ3n) is 5.82. The lowest BCUT2D eigenvalue weighted by atomic mass is 10.1. The standard InChI is InChI=1S/C25H33N5O6S/c1-5-36-25(34)29-12-10-28(11-13-29)22(32)14-19-16-37-24(26-19)27-21(31)15-30(17(2)3)23(33)18-6-8-20(35-4)9-7-18/h6-9,16-17H,5,10-15H2,1-4H3,(H,26,27,31). The number of carbonyl (C=O) groups is 4. The zero-order valence-electron chi connectivity index (χ0n) is 21.6. The van der Waals surface area contributed by atoms with Gasteiger partial charge in [0.1, 0.15) is 12.3 Å². The van der Waals surface area contributed by atoms with Gasteiger partial charge in [0.2, 0.25) is 11.8 Å². The lowest BCUT2D eigenvalue weighted by Gasteiger charge is -2.34. The molecule has 0 bridgehead atoms. The molecule has 4 amide bonds. The predicted molar refractivity (Wildman–Crippen MR) is 139 cm³/mol. The average Bonchev–Trinajstić information content (AvgIpc) is 3.33. The van der Waals surface area contributed by atoms with Gasteiger partial charge in [-0.15, -0.1) is 11.3 Å². The molecule has 11 nitrogen and oxygen atoms in total. The monoisotopic (exact) mass is 531 g/mol. The van der Waals surface area contributed by atoms with E-state index in [-0.39, 0.29) is 42.8 Å². The number of nitrogens with zero attached hydrogens (tertiary/aromatic N) is 4. The summed E-state index contributed by atoms with van der Waals surface area (Å²) in [5, 5.41) is 4.82. The van der Waals surface area contributed by atoms with Gasteiger partial charge in [0.25, 0.3) is 5.91 Å². The van der Waals surface area contributed by atoms with E-state index in [2.05, 4.69) is 10.3 Å². The molecule has 2 heterocycles. The summed E-state index contributed by atoms with van der Waals surface area (Å²) in [7, 11) is 1.55. The quantitative estimate of drug-likeness (QED) is 0.528. The number of carbonyl (C=O) groups excluding carboxylic acids is 4. The zero-order chi connectivity index (χ0) is 26.9. The van der Waals surface area contributed by atoms with Gasteiger partial charge >= 0.3 is 6.09 Å². The van der Waals surface area contributed by atoms with Gasteiger partial charge in [-0.05, 0) is 45.0 Å². The van der Waals surface area contributed by atoms with Crippen molar-refractivity contribution >= 4 is 40.3 Å². The van der Waals surface area contributed by atoms with Crippen LogP contribution in [0.3, 0.4) is 0 Å². The van der Waals surface area contributed by atoms with E-state index in [4.69, 9.17) is 9.47 Å². The van der Waals surface area contributed by atoms with E-state index in [1.54, 1.807) is 53.5 Å². The number of methoxy groups -OCH3 is 1. The number of rotatable bonds is 9. The second kappa shape index (κ2) is 13.0. The van der Waals surface area contributed by atoms with Gasteiger partial charge in [-0.1, -0.05) is 0 Å². The van der Waals surface area contributed by atoms with Crippen molar-refractivity contribution in [1.82, 2.24) is 19.7 Å². The van der Waals surface area contributed by atoms with Crippen molar-refractivity contribution in [2.75, 3.05) is 51.8 Å². The lowest BCUT2D eigenvalue weighted by molar-refractivity contribution is -0.132. The van der Waals surface area contributed by atoms with Gasteiger partial charge in [0.05, 0.1) is 25.8 Å². The van der Waals surface area contributed by atoms with E-state index in [1.165, 1.54) is 16.2 Å². The minimum absolute atomic E-state index is 0.0947. The number of hydrogen-bond donors (Lipinski definition) is 1. The fourth-order valence-electron chi connectivity index (χ4n) is 3.77. The van der Waals surface area contributed by atoms with Crippen molar-refractivity contribution in [2.45, 2.75) is 33.2 Å². The van der Waals surface area contributed by atoms with Crippen molar-refractivity contribution in [1.29, 1.82) is 0 Å². The largest absolute Gasteiger partial charge is 0.497 e. The van der Waals surface area contributed by atoms with Crippen LogP contribution in [0.1, 0.15) is 36.8 Å². The van der Waals surface area contributed by atoms with Crippen LogP contribution in [-0.4, -0.2) is 96.0 Å². The van der Waals surface area contributed by atoms with Gasteiger partial charge in [-0.2, -0.15) is 0 Å². The highest BCUT2D eigenvalue weighted by atomic mass is 32.1. The molecule has 1 fully saturated rings.